The largest absolute Gasteiger partial charge is 0.480 e. The maximum Gasteiger partial charge on any atom is 0.326 e. The summed E-state index contributed by atoms with van der Waals surface area (Å²) in [5, 5.41) is 25.7. The highest BCUT2D eigenvalue weighted by atomic mass is 16.4. The molecule has 0 aliphatic carbocycles. The molecule has 0 aromatic heterocycles. The quantitative estimate of drug-likeness (QED) is 0.0821. The molecule has 13 heteroatoms. The van der Waals surface area contributed by atoms with Gasteiger partial charge in [0.2, 0.25) is 17.7 Å². The van der Waals surface area contributed by atoms with Crippen LogP contribution in [0.3, 0.4) is 0 Å². The summed E-state index contributed by atoms with van der Waals surface area (Å²) in [6.07, 6.45) is 0.463. The van der Waals surface area contributed by atoms with E-state index < -0.39 is 60.4 Å². The Hall–Kier alpha value is -2.93. The molecule has 0 saturated heterocycles. The Kier molecular flexibility index (Phi) is 12.0. The Morgan fingerprint density at radius 3 is 1.90 bits per heavy atom. The molecule has 0 aromatic rings. The van der Waals surface area contributed by atoms with Crippen molar-refractivity contribution in [3.8, 4) is 0 Å². The van der Waals surface area contributed by atoms with Gasteiger partial charge in [-0.2, -0.15) is 0 Å². The number of carbonyl (C=O) groups excluding carboxylic acids is 3. The van der Waals surface area contributed by atoms with Crippen LogP contribution in [0.5, 0.6) is 0 Å². The van der Waals surface area contributed by atoms with Crippen molar-refractivity contribution in [2.24, 2.45) is 28.1 Å². The zero-order valence-corrected chi connectivity index (χ0v) is 17.4. The standard InChI is InChI=1S/C17H33N7O6/c1-8(2)12(16(29)30)24-15(28)11(7-25)23-14(27)10(22-13(26)9(3)18)5-4-6-21-17(19)20/h8-12,25H,4-7,18H2,1-3H3,(H,22,26)(H,23,27)(H,24,28)(H,29,30)(H4,19,20,21). The molecule has 3 amide bonds. The van der Waals surface area contributed by atoms with Gasteiger partial charge in [-0.1, -0.05) is 13.8 Å². The number of carbonyl (C=O) groups is 4. The molecule has 172 valence electrons. The number of hydrogen-bond acceptors (Lipinski definition) is 7. The highest BCUT2D eigenvalue weighted by Gasteiger charge is 2.30. The van der Waals surface area contributed by atoms with E-state index in [9.17, 15) is 29.4 Å². The van der Waals surface area contributed by atoms with Crippen molar-refractivity contribution in [3.63, 3.8) is 0 Å². The van der Waals surface area contributed by atoms with E-state index in [0.29, 0.717) is 6.42 Å². The maximum absolute atomic E-state index is 12.6. The lowest BCUT2D eigenvalue weighted by Gasteiger charge is -2.24. The van der Waals surface area contributed by atoms with E-state index in [1.807, 2.05) is 0 Å². The summed E-state index contributed by atoms with van der Waals surface area (Å²) in [4.78, 5) is 51.8. The van der Waals surface area contributed by atoms with E-state index in [1.165, 1.54) is 6.92 Å². The maximum atomic E-state index is 12.6. The molecular formula is C17H33N7O6. The number of carboxylic acid groups (broad SMARTS) is 1. The third-order valence-corrected chi connectivity index (χ3v) is 4.04. The fourth-order valence-corrected chi connectivity index (χ4v) is 2.31. The van der Waals surface area contributed by atoms with Gasteiger partial charge in [-0.25, -0.2) is 4.79 Å². The van der Waals surface area contributed by atoms with Crippen LogP contribution in [-0.2, 0) is 19.2 Å². The van der Waals surface area contributed by atoms with Crippen LogP contribution in [0.2, 0.25) is 0 Å². The Morgan fingerprint density at radius 1 is 0.933 bits per heavy atom. The molecule has 0 aliphatic heterocycles. The van der Waals surface area contributed by atoms with Crippen LogP contribution in [0.1, 0.15) is 33.6 Å². The Morgan fingerprint density at radius 2 is 1.47 bits per heavy atom. The Labute approximate surface area is 174 Å². The molecule has 0 heterocycles. The van der Waals surface area contributed by atoms with Crippen LogP contribution in [-0.4, -0.2) is 77.2 Å². The molecule has 0 rings (SSSR count). The smallest absolute Gasteiger partial charge is 0.326 e. The molecule has 4 atom stereocenters. The fourth-order valence-electron chi connectivity index (χ4n) is 2.31. The van der Waals surface area contributed by atoms with Crippen molar-refractivity contribution < 1.29 is 29.4 Å². The van der Waals surface area contributed by atoms with Crippen LogP contribution in [0.4, 0.5) is 0 Å². The molecule has 11 N–H and O–H groups in total. The lowest BCUT2D eigenvalue weighted by Crippen LogP contribution is -2.58. The number of aliphatic hydroxyl groups is 1. The van der Waals surface area contributed by atoms with Crippen LogP contribution >= 0.6 is 0 Å². The van der Waals surface area contributed by atoms with Crippen molar-refractivity contribution in [2.75, 3.05) is 13.2 Å². The number of nitrogens with two attached hydrogens (primary N) is 3. The van der Waals surface area contributed by atoms with Gasteiger partial charge in [0.05, 0.1) is 12.6 Å². The molecule has 0 aromatic carbocycles. The second kappa shape index (κ2) is 13.3. The van der Waals surface area contributed by atoms with Crippen molar-refractivity contribution in [3.05, 3.63) is 0 Å². The Bertz CT molecular complexity index is 634. The third kappa shape index (κ3) is 10.0. The highest BCUT2D eigenvalue weighted by molar-refractivity contribution is 5.94. The van der Waals surface area contributed by atoms with Gasteiger partial charge >= 0.3 is 5.97 Å². The van der Waals surface area contributed by atoms with Gasteiger partial charge in [0, 0.05) is 6.54 Å². The number of amides is 3. The molecule has 4 unspecified atom stereocenters. The first-order valence-electron chi connectivity index (χ1n) is 9.46. The molecule has 0 fully saturated rings. The topological polar surface area (TPSA) is 235 Å². The average Bonchev–Trinajstić information content (AvgIpc) is 2.64. The first-order chi connectivity index (χ1) is 13.9. The summed E-state index contributed by atoms with van der Waals surface area (Å²) >= 11 is 0. The van der Waals surface area contributed by atoms with Gasteiger partial charge in [0.1, 0.15) is 18.1 Å². The molecular weight excluding hydrogens is 398 g/mol. The van der Waals surface area contributed by atoms with E-state index in [4.69, 9.17) is 17.2 Å². The SMILES string of the molecule is CC(N)C(=O)NC(CCCN=C(N)N)C(=O)NC(CO)C(=O)NC(C(=O)O)C(C)C. The van der Waals surface area contributed by atoms with Crippen LogP contribution in [0, 0.1) is 5.92 Å². The van der Waals surface area contributed by atoms with Crippen LogP contribution in [0.15, 0.2) is 4.99 Å². The number of guanidine groups is 1. The number of carboxylic acids is 1. The number of aliphatic carboxylic acids is 1. The lowest BCUT2D eigenvalue weighted by molar-refractivity contribution is -0.143. The van der Waals surface area contributed by atoms with Gasteiger partial charge in [-0.05, 0) is 25.7 Å². The van der Waals surface area contributed by atoms with E-state index in [0.717, 1.165) is 0 Å². The molecule has 0 saturated carbocycles. The minimum absolute atomic E-state index is 0.120. The van der Waals surface area contributed by atoms with Crippen LogP contribution in [0.25, 0.3) is 0 Å². The summed E-state index contributed by atoms with van der Waals surface area (Å²) < 4.78 is 0. The normalized spacial score (nSPS) is 14.7. The summed E-state index contributed by atoms with van der Waals surface area (Å²) in [7, 11) is 0. The van der Waals surface area contributed by atoms with Crippen molar-refractivity contribution in [1.82, 2.24) is 16.0 Å². The van der Waals surface area contributed by atoms with E-state index >= 15 is 0 Å². The zero-order chi connectivity index (χ0) is 23.4. The van der Waals surface area contributed by atoms with Crippen molar-refractivity contribution in [2.45, 2.75) is 57.8 Å². The van der Waals surface area contributed by atoms with Crippen molar-refractivity contribution in [1.29, 1.82) is 0 Å². The minimum Gasteiger partial charge on any atom is -0.480 e. The number of nitrogens with one attached hydrogen (secondary N) is 3. The summed E-state index contributed by atoms with van der Waals surface area (Å²) in [6.45, 7) is 4.07. The monoisotopic (exact) mass is 431 g/mol. The Balaban J connectivity index is 5.19. The van der Waals surface area contributed by atoms with Gasteiger partial charge < -0.3 is 43.4 Å². The average molecular weight is 431 g/mol. The van der Waals surface area contributed by atoms with E-state index in [-0.39, 0.29) is 18.9 Å². The first-order valence-corrected chi connectivity index (χ1v) is 9.46. The minimum atomic E-state index is -1.41. The molecule has 0 spiro atoms. The van der Waals surface area contributed by atoms with Crippen molar-refractivity contribution >= 4 is 29.7 Å². The number of rotatable bonds is 13. The summed E-state index contributed by atoms with van der Waals surface area (Å²) in [6, 6.07) is -4.56. The van der Waals surface area contributed by atoms with Gasteiger partial charge in [-0.15, -0.1) is 0 Å². The first kappa shape index (κ1) is 27.1. The third-order valence-electron chi connectivity index (χ3n) is 4.04. The second-order valence-corrected chi connectivity index (χ2v) is 7.11. The number of nitrogens with zero attached hydrogens (tertiary/aromatic N) is 1. The van der Waals surface area contributed by atoms with E-state index in [1.54, 1.807) is 13.8 Å². The highest BCUT2D eigenvalue weighted by Crippen LogP contribution is 2.04. The van der Waals surface area contributed by atoms with Crippen LogP contribution < -0.4 is 33.2 Å². The molecule has 0 bridgehead atoms. The lowest BCUT2D eigenvalue weighted by atomic mass is 10.0. The predicted molar refractivity (Wildman–Crippen MR) is 109 cm³/mol. The molecule has 13 nitrogen and oxygen atoms in total. The molecule has 30 heavy (non-hydrogen) atoms. The second-order valence-electron chi connectivity index (χ2n) is 7.11. The number of aliphatic hydroxyl groups excluding tert-OH is 1. The number of hydrogen-bond donors (Lipinski definition) is 8. The summed E-state index contributed by atoms with van der Waals surface area (Å²) in [5.74, 6) is -4.00. The van der Waals surface area contributed by atoms with Gasteiger partial charge in [0.25, 0.3) is 0 Å². The zero-order valence-electron chi connectivity index (χ0n) is 17.4. The predicted octanol–water partition coefficient (Wildman–Crippen LogP) is -3.43. The van der Waals surface area contributed by atoms with Gasteiger partial charge in [-0.3, -0.25) is 19.4 Å². The van der Waals surface area contributed by atoms with E-state index in [2.05, 4.69) is 20.9 Å². The fraction of sp³-hybridized carbons (Fsp3) is 0.706. The van der Waals surface area contributed by atoms with Gasteiger partial charge in [0.15, 0.2) is 5.96 Å². The molecule has 0 aliphatic rings. The number of aliphatic imine (C=N–C) groups is 1. The summed E-state index contributed by atoms with van der Waals surface area (Å²) in [5.41, 5.74) is 16.0. The molecule has 0 radical (unpaired) electrons.